The summed E-state index contributed by atoms with van der Waals surface area (Å²) in [7, 11) is 0. The van der Waals surface area contributed by atoms with Gasteiger partial charge in [0.1, 0.15) is 0 Å². The Kier molecular flexibility index (Phi) is 3.20. The summed E-state index contributed by atoms with van der Waals surface area (Å²) < 4.78 is 26.0. The highest BCUT2D eigenvalue weighted by molar-refractivity contribution is 5.55. The van der Waals surface area contributed by atoms with Crippen LogP contribution in [-0.2, 0) is 12.8 Å². The minimum absolute atomic E-state index is 0.617. The largest absolute Gasteiger partial charge is 0.385 e. The number of benzene rings is 2. The van der Waals surface area contributed by atoms with Gasteiger partial charge in [-0.3, -0.25) is 0 Å². The molecule has 1 aliphatic rings. The van der Waals surface area contributed by atoms with Gasteiger partial charge in [0.25, 0.3) is 0 Å². The first-order chi connectivity index (χ1) is 9.22. The zero-order valence-electron chi connectivity index (χ0n) is 10.5. The summed E-state index contributed by atoms with van der Waals surface area (Å²) in [5, 5.41) is 3.38. The number of aryl methyl sites for hydroxylation is 1. The number of anilines is 1. The highest BCUT2D eigenvalue weighted by Crippen LogP contribution is 2.24. The van der Waals surface area contributed by atoms with Crippen molar-refractivity contribution in [2.75, 3.05) is 11.9 Å². The van der Waals surface area contributed by atoms with Gasteiger partial charge in [0.05, 0.1) is 0 Å². The summed E-state index contributed by atoms with van der Waals surface area (Å²) in [5.74, 6) is -1.58. The van der Waals surface area contributed by atoms with Crippen molar-refractivity contribution in [3.05, 3.63) is 64.7 Å². The van der Waals surface area contributed by atoms with Crippen molar-refractivity contribution in [2.45, 2.75) is 19.3 Å². The van der Waals surface area contributed by atoms with Crippen LogP contribution >= 0.6 is 0 Å². The van der Waals surface area contributed by atoms with E-state index in [1.54, 1.807) is 6.07 Å². The molecule has 0 atom stereocenters. The standard InChI is InChI=1S/C16H15F2N/c17-14-6-4-11(9-15(14)18)8-12-3-5-13-2-1-7-19-16(13)10-12/h3-6,9-10,19H,1-2,7-8H2. The van der Waals surface area contributed by atoms with E-state index in [4.69, 9.17) is 0 Å². The van der Waals surface area contributed by atoms with Gasteiger partial charge in [-0.1, -0.05) is 18.2 Å². The Hall–Kier alpha value is -1.90. The van der Waals surface area contributed by atoms with E-state index >= 15 is 0 Å². The van der Waals surface area contributed by atoms with Crippen molar-refractivity contribution in [1.29, 1.82) is 0 Å². The van der Waals surface area contributed by atoms with Gasteiger partial charge in [-0.05, 0) is 54.2 Å². The number of hydrogen-bond donors (Lipinski definition) is 1. The second-order valence-electron chi connectivity index (χ2n) is 4.95. The zero-order chi connectivity index (χ0) is 13.2. The van der Waals surface area contributed by atoms with Crippen molar-refractivity contribution in [1.82, 2.24) is 0 Å². The van der Waals surface area contributed by atoms with E-state index in [1.165, 1.54) is 23.4 Å². The van der Waals surface area contributed by atoms with Gasteiger partial charge in [0.2, 0.25) is 0 Å². The molecule has 0 aliphatic carbocycles. The normalized spacial score (nSPS) is 13.8. The average molecular weight is 259 g/mol. The van der Waals surface area contributed by atoms with E-state index in [0.29, 0.717) is 6.42 Å². The highest BCUT2D eigenvalue weighted by Gasteiger charge is 2.09. The molecule has 3 rings (SSSR count). The minimum atomic E-state index is -0.796. The summed E-state index contributed by atoms with van der Waals surface area (Å²) in [6.45, 7) is 1.00. The van der Waals surface area contributed by atoms with E-state index in [2.05, 4.69) is 23.5 Å². The summed E-state index contributed by atoms with van der Waals surface area (Å²) in [6, 6.07) is 10.4. The predicted molar refractivity (Wildman–Crippen MR) is 72.4 cm³/mol. The second-order valence-corrected chi connectivity index (χ2v) is 4.95. The topological polar surface area (TPSA) is 12.0 Å². The van der Waals surface area contributed by atoms with Crippen LogP contribution in [0, 0.1) is 11.6 Å². The molecule has 0 saturated heterocycles. The Morgan fingerprint density at radius 1 is 0.947 bits per heavy atom. The van der Waals surface area contributed by atoms with E-state index < -0.39 is 11.6 Å². The molecule has 3 heteroatoms. The molecule has 0 unspecified atom stereocenters. The van der Waals surface area contributed by atoms with Gasteiger partial charge in [-0.2, -0.15) is 0 Å². The van der Waals surface area contributed by atoms with Crippen LogP contribution in [0.2, 0.25) is 0 Å². The maximum atomic E-state index is 13.2. The number of nitrogens with one attached hydrogen (secondary N) is 1. The Labute approximate surface area is 111 Å². The number of halogens is 2. The summed E-state index contributed by atoms with van der Waals surface area (Å²) >= 11 is 0. The van der Waals surface area contributed by atoms with Crippen molar-refractivity contribution in [3.8, 4) is 0 Å². The molecule has 0 saturated carbocycles. The van der Waals surface area contributed by atoms with E-state index in [1.807, 2.05) is 0 Å². The lowest BCUT2D eigenvalue weighted by atomic mass is 9.98. The molecular weight excluding hydrogens is 244 g/mol. The van der Waals surface area contributed by atoms with E-state index in [9.17, 15) is 8.78 Å². The van der Waals surface area contributed by atoms with Crippen molar-refractivity contribution in [2.24, 2.45) is 0 Å². The molecule has 1 N–H and O–H groups in total. The molecule has 98 valence electrons. The third kappa shape index (κ3) is 2.60. The van der Waals surface area contributed by atoms with Crippen LogP contribution in [0.1, 0.15) is 23.1 Å². The molecule has 2 aromatic carbocycles. The van der Waals surface area contributed by atoms with Crippen LogP contribution in [-0.4, -0.2) is 6.54 Å². The van der Waals surface area contributed by atoms with Gasteiger partial charge in [0.15, 0.2) is 11.6 Å². The first-order valence-electron chi connectivity index (χ1n) is 6.52. The lowest BCUT2D eigenvalue weighted by Gasteiger charge is -2.18. The SMILES string of the molecule is Fc1ccc(Cc2ccc3c(c2)NCCC3)cc1F. The molecule has 0 amide bonds. The van der Waals surface area contributed by atoms with Gasteiger partial charge in [-0.25, -0.2) is 8.78 Å². The third-order valence-electron chi connectivity index (χ3n) is 3.50. The summed E-state index contributed by atoms with van der Waals surface area (Å²) in [4.78, 5) is 0. The second kappa shape index (κ2) is 5.00. The molecule has 2 aromatic rings. The van der Waals surface area contributed by atoms with Gasteiger partial charge < -0.3 is 5.32 Å². The average Bonchev–Trinajstić information content (AvgIpc) is 2.43. The molecule has 1 nitrogen and oxygen atoms in total. The van der Waals surface area contributed by atoms with Crippen molar-refractivity contribution >= 4 is 5.69 Å². The Balaban J connectivity index is 1.84. The molecule has 0 bridgehead atoms. The minimum Gasteiger partial charge on any atom is -0.385 e. The number of hydrogen-bond acceptors (Lipinski definition) is 1. The first kappa shape index (κ1) is 12.2. The van der Waals surface area contributed by atoms with Crippen LogP contribution in [0.25, 0.3) is 0 Å². The number of rotatable bonds is 2. The van der Waals surface area contributed by atoms with Crippen molar-refractivity contribution in [3.63, 3.8) is 0 Å². The van der Waals surface area contributed by atoms with Gasteiger partial charge in [-0.15, -0.1) is 0 Å². The first-order valence-corrected chi connectivity index (χ1v) is 6.52. The summed E-state index contributed by atoms with van der Waals surface area (Å²) in [6.07, 6.45) is 2.88. The fourth-order valence-corrected chi connectivity index (χ4v) is 2.50. The highest BCUT2D eigenvalue weighted by atomic mass is 19.2. The Morgan fingerprint density at radius 3 is 2.58 bits per heavy atom. The van der Waals surface area contributed by atoms with Gasteiger partial charge in [0, 0.05) is 12.2 Å². The molecule has 0 spiro atoms. The quantitative estimate of drug-likeness (QED) is 0.862. The fourth-order valence-electron chi connectivity index (χ4n) is 2.50. The smallest absolute Gasteiger partial charge is 0.159 e. The lowest BCUT2D eigenvalue weighted by molar-refractivity contribution is 0.507. The molecule has 0 radical (unpaired) electrons. The monoisotopic (exact) mass is 259 g/mol. The Morgan fingerprint density at radius 2 is 1.74 bits per heavy atom. The third-order valence-corrected chi connectivity index (χ3v) is 3.50. The van der Waals surface area contributed by atoms with E-state index in [-0.39, 0.29) is 0 Å². The van der Waals surface area contributed by atoms with Crippen LogP contribution in [0.15, 0.2) is 36.4 Å². The van der Waals surface area contributed by atoms with Crippen LogP contribution in [0.3, 0.4) is 0 Å². The van der Waals surface area contributed by atoms with Gasteiger partial charge >= 0.3 is 0 Å². The van der Waals surface area contributed by atoms with Crippen LogP contribution < -0.4 is 5.32 Å². The maximum Gasteiger partial charge on any atom is 0.159 e. The molecule has 19 heavy (non-hydrogen) atoms. The predicted octanol–water partition coefficient (Wildman–Crippen LogP) is 3.91. The molecule has 0 aromatic heterocycles. The molecule has 1 aliphatic heterocycles. The fraction of sp³-hybridized carbons (Fsp3) is 0.250. The van der Waals surface area contributed by atoms with E-state index in [0.717, 1.165) is 30.5 Å². The molecule has 0 fully saturated rings. The Bertz CT molecular complexity index is 608. The van der Waals surface area contributed by atoms with Crippen LogP contribution in [0.5, 0.6) is 0 Å². The molecular formula is C16H15F2N. The maximum absolute atomic E-state index is 13.2. The van der Waals surface area contributed by atoms with Crippen LogP contribution in [0.4, 0.5) is 14.5 Å². The zero-order valence-corrected chi connectivity index (χ0v) is 10.5. The molecule has 1 heterocycles. The lowest BCUT2D eigenvalue weighted by Crippen LogP contribution is -2.11. The van der Waals surface area contributed by atoms with Crippen molar-refractivity contribution < 1.29 is 8.78 Å². The summed E-state index contributed by atoms with van der Waals surface area (Å²) in [5.41, 5.74) is 4.40. The number of fused-ring (bicyclic) bond motifs is 1.